The number of nitrogens with one attached hydrogen (secondary N) is 1. The van der Waals surface area contributed by atoms with Crippen molar-refractivity contribution in [2.75, 3.05) is 5.75 Å². The summed E-state index contributed by atoms with van der Waals surface area (Å²) < 4.78 is 28.2. The molecule has 0 aromatic carbocycles. The number of aromatic nitrogens is 2. The molecule has 0 aliphatic heterocycles. The molecular formula is C13H19N3O2S. The highest BCUT2D eigenvalue weighted by atomic mass is 32.2. The summed E-state index contributed by atoms with van der Waals surface area (Å²) in [5, 5.41) is 0. The number of sulfonamides is 1. The molecule has 1 N–H and O–H groups in total. The fraction of sp³-hybridized carbons (Fsp3) is 0.462. The number of hydrogen-bond donors (Lipinski definition) is 1. The Morgan fingerprint density at radius 1 is 1.42 bits per heavy atom. The molecular weight excluding hydrogens is 262 g/mol. The SMILES string of the molecule is CCC(C)CS(=O)(=O)NCc1ccc2cncn2c1. The zero-order valence-electron chi connectivity index (χ0n) is 11.2. The Kier molecular flexibility index (Phi) is 4.21. The van der Waals surface area contributed by atoms with Gasteiger partial charge in [-0.1, -0.05) is 26.3 Å². The van der Waals surface area contributed by atoms with Crippen molar-refractivity contribution in [2.45, 2.75) is 26.8 Å². The molecule has 2 aromatic heterocycles. The minimum Gasteiger partial charge on any atom is -0.306 e. The molecule has 104 valence electrons. The molecule has 0 bridgehead atoms. The summed E-state index contributed by atoms with van der Waals surface area (Å²) in [5.74, 6) is 0.352. The third-order valence-electron chi connectivity index (χ3n) is 3.17. The van der Waals surface area contributed by atoms with E-state index in [2.05, 4.69) is 9.71 Å². The van der Waals surface area contributed by atoms with Crippen LogP contribution in [0.1, 0.15) is 25.8 Å². The largest absolute Gasteiger partial charge is 0.306 e. The number of nitrogens with zero attached hydrogens (tertiary/aromatic N) is 2. The van der Waals surface area contributed by atoms with Crippen LogP contribution in [0.15, 0.2) is 30.9 Å². The summed E-state index contributed by atoms with van der Waals surface area (Å²) in [6.07, 6.45) is 6.21. The number of pyridine rings is 1. The second kappa shape index (κ2) is 5.71. The Balaban J connectivity index is 2.01. The Bertz CT molecular complexity index is 649. The maximum absolute atomic E-state index is 11.9. The lowest BCUT2D eigenvalue weighted by atomic mass is 10.2. The van der Waals surface area contributed by atoms with Gasteiger partial charge in [0.2, 0.25) is 10.0 Å². The maximum atomic E-state index is 11.9. The molecule has 0 radical (unpaired) electrons. The van der Waals surface area contributed by atoms with Crippen molar-refractivity contribution in [3.05, 3.63) is 36.4 Å². The van der Waals surface area contributed by atoms with Gasteiger partial charge in [-0.05, 0) is 17.5 Å². The highest BCUT2D eigenvalue weighted by Crippen LogP contribution is 2.08. The van der Waals surface area contributed by atoms with Crippen molar-refractivity contribution in [3.63, 3.8) is 0 Å². The van der Waals surface area contributed by atoms with E-state index in [1.807, 2.05) is 36.6 Å². The van der Waals surface area contributed by atoms with E-state index in [1.54, 1.807) is 12.5 Å². The molecule has 6 heteroatoms. The molecule has 1 atom stereocenters. The lowest BCUT2D eigenvalue weighted by Gasteiger charge is -2.11. The smallest absolute Gasteiger partial charge is 0.212 e. The number of hydrogen-bond acceptors (Lipinski definition) is 3. The minimum atomic E-state index is -3.21. The van der Waals surface area contributed by atoms with Crippen LogP contribution in [0.5, 0.6) is 0 Å². The lowest BCUT2D eigenvalue weighted by Crippen LogP contribution is -2.28. The van der Waals surface area contributed by atoms with Gasteiger partial charge in [0.25, 0.3) is 0 Å². The molecule has 2 rings (SSSR count). The second-order valence-electron chi connectivity index (χ2n) is 4.88. The van der Waals surface area contributed by atoms with Crippen molar-refractivity contribution in [1.82, 2.24) is 14.1 Å². The van der Waals surface area contributed by atoms with E-state index in [0.29, 0.717) is 6.54 Å². The number of imidazole rings is 1. The van der Waals surface area contributed by atoms with E-state index in [9.17, 15) is 8.42 Å². The topological polar surface area (TPSA) is 63.5 Å². The van der Waals surface area contributed by atoms with E-state index >= 15 is 0 Å². The van der Waals surface area contributed by atoms with Crippen molar-refractivity contribution in [2.24, 2.45) is 5.92 Å². The summed E-state index contributed by atoms with van der Waals surface area (Å²) in [4.78, 5) is 4.03. The normalized spacial score (nSPS) is 13.8. The monoisotopic (exact) mass is 281 g/mol. The summed E-state index contributed by atoms with van der Waals surface area (Å²) >= 11 is 0. The quantitative estimate of drug-likeness (QED) is 0.878. The molecule has 2 heterocycles. The molecule has 0 amide bonds. The van der Waals surface area contributed by atoms with Crippen LogP contribution in [-0.2, 0) is 16.6 Å². The van der Waals surface area contributed by atoms with Crippen molar-refractivity contribution < 1.29 is 8.42 Å². The highest BCUT2D eigenvalue weighted by molar-refractivity contribution is 7.89. The van der Waals surface area contributed by atoms with E-state index in [-0.39, 0.29) is 11.7 Å². The van der Waals surface area contributed by atoms with Crippen molar-refractivity contribution in [3.8, 4) is 0 Å². The fourth-order valence-electron chi connectivity index (χ4n) is 1.82. The van der Waals surface area contributed by atoms with Gasteiger partial charge in [-0.2, -0.15) is 0 Å². The Morgan fingerprint density at radius 2 is 2.21 bits per heavy atom. The average Bonchev–Trinajstić information content (AvgIpc) is 2.83. The summed E-state index contributed by atoms with van der Waals surface area (Å²) in [6, 6.07) is 3.83. The van der Waals surface area contributed by atoms with Crippen LogP contribution in [0.4, 0.5) is 0 Å². The molecule has 0 aliphatic rings. The van der Waals surface area contributed by atoms with Gasteiger partial charge >= 0.3 is 0 Å². The first-order chi connectivity index (χ1) is 9.00. The molecule has 5 nitrogen and oxygen atoms in total. The zero-order valence-corrected chi connectivity index (χ0v) is 12.0. The van der Waals surface area contributed by atoms with Crippen LogP contribution in [0.25, 0.3) is 5.52 Å². The van der Waals surface area contributed by atoms with Gasteiger partial charge in [0.05, 0.1) is 23.8 Å². The van der Waals surface area contributed by atoms with Crippen molar-refractivity contribution >= 4 is 15.5 Å². The third-order valence-corrected chi connectivity index (χ3v) is 4.76. The average molecular weight is 281 g/mol. The number of rotatable bonds is 6. The Hall–Kier alpha value is -1.40. The molecule has 19 heavy (non-hydrogen) atoms. The van der Waals surface area contributed by atoms with Gasteiger partial charge in [-0.15, -0.1) is 0 Å². The lowest BCUT2D eigenvalue weighted by molar-refractivity contribution is 0.552. The Morgan fingerprint density at radius 3 is 2.95 bits per heavy atom. The van der Waals surface area contributed by atoms with Gasteiger partial charge < -0.3 is 4.40 Å². The van der Waals surface area contributed by atoms with E-state index in [0.717, 1.165) is 17.5 Å². The predicted molar refractivity (Wildman–Crippen MR) is 75.3 cm³/mol. The van der Waals surface area contributed by atoms with Crippen LogP contribution < -0.4 is 4.72 Å². The standard InChI is InChI=1S/C13H19N3O2S/c1-3-11(2)9-19(17,18)15-6-12-4-5-13-7-14-10-16(13)8-12/h4-5,7-8,10-11,15H,3,6,9H2,1-2H3. The summed E-state index contributed by atoms with van der Waals surface area (Å²) in [5.41, 5.74) is 1.91. The summed E-state index contributed by atoms with van der Waals surface area (Å²) in [7, 11) is -3.21. The molecule has 0 saturated heterocycles. The number of fused-ring (bicyclic) bond motifs is 1. The first-order valence-corrected chi connectivity index (χ1v) is 8.03. The second-order valence-corrected chi connectivity index (χ2v) is 6.73. The van der Waals surface area contributed by atoms with Gasteiger partial charge in [-0.3, -0.25) is 0 Å². The molecule has 0 fully saturated rings. The van der Waals surface area contributed by atoms with Gasteiger partial charge in [0.15, 0.2) is 0 Å². The fourth-order valence-corrected chi connectivity index (χ4v) is 3.30. The van der Waals surface area contributed by atoms with Crippen molar-refractivity contribution in [1.29, 1.82) is 0 Å². The maximum Gasteiger partial charge on any atom is 0.212 e. The molecule has 0 saturated carbocycles. The summed E-state index contributed by atoms with van der Waals surface area (Å²) in [6.45, 7) is 4.25. The predicted octanol–water partition coefficient (Wildman–Crippen LogP) is 1.80. The van der Waals surface area contributed by atoms with E-state index in [4.69, 9.17) is 0 Å². The zero-order chi connectivity index (χ0) is 13.9. The molecule has 2 aromatic rings. The van der Waals surface area contributed by atoms with Gasteiger partial charge in [0, 0.05) is 12.7 Å². The van der Waals surface area contributed by atoms with E-state index in [1.165, 1.54) is 0 Å². The van der Waals surface area contributed by atoms with Crippen LogP contribution in [0.3, 0.4) is 0 Å². The Labute approximate surface area is 113 Å². The first-order valence-electron chi connectivity index (χ1n) is 6.38. The van der Waals surface area contributed by atoms with Crippen LogP contribution in [-0.4, -0.2) is 23.6 Å². The molecule has 1 unspecified atom stereocenters. The van der Waals surface area contributed by atoms with Gasteiger partial charge in [-0.25, -0.2) is 18.1 Å². The van der Waals surface area contributed by atoms with Gasteiger partial charge in [0.1, 0.15) is 0 Å². The van der Waals surface area contributed by atoms with Crippen LogP contribution in [0, 0.1) is 5.92 Å². The van der Waals surface area contributed by atoms with Crippen LogP contribution in [0.2, 0.25) is 0 Å². The highest BCUT2D eigenvalue weighted by Gasteiger charge is 2.14. The molecule has 0 aliphatic carbocycles. The van der Waals surface area contributed by atoms with Crippen LogP contribution >= 0.6 is 0 Å². The molecule has 0 spiro atoms. The third kappa shape index (κ3) is 3.78. The van der Waals surface area contributed by atoms with E-state index < -0.39 is 10.0 Å². The first kappa shape index (κ1) is 14.0. The minimum absolute atomic E-state index is 0.175.